The van der Waals surface area contributed by atoms with Crippen molar-refractivity contribution in [2.24, 2.45) is 11.7 Å². The molecule has 0 aliphatic carbocycles. The van der Waals surface area contributed by atoms with Gasteiger partial charge in [-0.15, -0.1) is 11.3 Å². The van der Waals surface area contributed by atoms with Gasteiger partial charge in [-0.1, -0.05) is 13.8 Å². The van der Waals surface area contributed by atoms with E-state index in [0.29, 0.717) is 6.54 Å². The van der Waals surface area contributed by atoms with Crippen molar-refractivity contribution in [2.45, 2.75) is 32.9 Å². The first-order valence-electron chi connectivity index (χ1n) is 5.14. The molecule has 0 spiro atoms. The summed E-state index contributed by atoms with van der Waals surface area (Å²) in [4.78, 5) is 11.4. The molecule has 1 unspecified atom stereocenters. The lowest BCUT2D eigenvalue weighted by Gasteiger charge is -2.31. The van der Waals surface area contributed by atoms with Crippen molar-refractivity contribution in [3.63, 3.8) is 0 Å². The Bertz CT molecular complexity index is 378. The van der Waals surface area contributed by atoms with Gasteiger partial charge >= 0.3 is 0 Å². The van der Waals surface area contributed by atoms with E-state index in [1.165, 1.54) is 0 Å². The van der Waals surface area contributed by atoms with Crippen LogP contribution in [0.15, 0.2) is 15.2 Å². The molecule has 1 heterocycles. The third-order valence-corrected chi connectivity index (χ3v) is 4.50. The maximum atomic E-state index is 11.4. The van der Waals surface area contributed by atoms with Gasteiger partial charge in [0, 0.05) is 6.54 Å². The molecule has 1 aromatic rings. The van der Waals surface area contributed by atoms with Crippen LogP contribution in [0.2, 0.25) is 0 Å². The highest BCUT2D eigenvalue weighted by Crippen LogP contribution is 2.22. The van der Waals surface area contributed by atoms with Crippen LogP contribution in [0.1, 0.15) is 26.3 Å². The second-order valence-corrected chi connectivity index (χ2v) is 6.62. The van der Waals surface area contributed by atoms with Crippen LogP contribution in [0, 0.1) is 5.92 Å². The Morgan fingerprint density at radius 1 is 1.69 bits per heavy atom. The molecule has 16 heavy (non-hydrogen) atoms. The van der Waals surface area contributed by atoms with Crippen molar-refractivity contribution >= 4 is 33.2 Å². The smallest absolute Gasteiger partial charge is 0.237 e. The number of hydrogen-bond donors (Lipinski definition) is 2. The molecule has 1 aromatic heterocycles. The largest absolute Gasteiger partial charge is 0.368 e. The molecule has 3 nitrogen and oxygen atoms in total. The van der Waals surface area contributed by atoms with E-state index < -0.39 is 5.54 Å². The molecule has 0 saturated heterocycles. The quantitative estimate of drug-likeness (QED) is 0.878. The molecule has 3 N–H and O–H groups in total. The van der Waals surface area contributed by atoms with Gasteiger partial charge in [0.25, 0.3) is 0 Å². The van der Waals surface area contributed by atoms with Gasteiger partial charge in [-0.05, 0) is 45.8 Å². The summed E-state index contributed by atoms with van der Waals surface area (Å²) in [6.07, 6.45) is 0. The van der Waals surface area contributed by atoms with Crippen molar-refractivity contribution in [1.29, 1.82) is 0 Å². The van der Waals surface area contributed by atoms with Gasteiger partial charge in [-0.2, -0.15) is 0 Å². The van der Waals surface area contributed by atoms with Crippen molar-refractivity contribution in [1.82, 2.24) is 5.32 Å². The first kappa shape index (κ1) is 13.7. The molecular weight excluding hydrogens is 288 g/mol. The maximum absolute atomic E-state index is 11.4. The predicted octanol–water partition coefficient (Wildman–Crippen LogP) is 2.50. The van der Waals surface area contributed by atoms with E-state index in [1.807, 2.05) is 26.8 Å². The topological polar surface area (TPSA) is 55.1 Å². The van der Waals surface area contributed by atoms with Crippen LogP contribution in [0.25, 0.3) is 0 Å². The highest BCUT2D eigenvalue weighted by atomic mass is 79.9. The zero-order chi connectivity index (χ0) is 12.3. The maximum Gasteiger partial charge on any atom is 0.237 e. The van der Waals surface area contributed by atoms with Crippen LogP contribution in [-0.4, -0.2) is 11.4 Å². The molecule has 5 heteroatoms. The number of nitrogens with one attached hydrogen (secondary N) is 1. The zero-order valence-corrected chi connectivity index (χ0v) is 12.1. The molecule has 0 aliphatic heterocycles. The van der Waals surface area contributed by atoms with E-state index >= 15 is 0 Å². The van der Waals surface area contributed by atoms with E-state index in [2.05, 4.69) is 26.6 Å². The first-order valence-corrected chi connectivity index (χ1v) is 6.81. The zero-order valence-electron chi connectivity index (χ0n) is 9.71. The number of hydrogen-bond acceptors (Lipinski definition) is 3. The van der Waals surface area contributed by atoms with Crippen LogP contribution in [-0.2, 0) is 11.3 Å². The molecule has 0 saturated carbocycles. The van der Waals surface area contributed by atoms with E-state index in [1.54, 1.807) is 11.3 Å². The van der Waals surface area contributed by atoms with E-state index in [4.69, 9.17) is 5.73 Å². The van der Waals surface area contributed by atoms with Gasteiger partial charge in [-0.3, -0.25) is 10.1 Å². The summed E-state index contributed by atoms with van der Waals surface area (Å²) in [6.45, 7) is 6.48. The highest BCUT2D eigenvalue weighted by molar-refractivity contribution is 9.11. The summed E-state index contributed by atoms with van der Waals surface area (Å²) in [7, 11) is 0. The summed E-state index contributed by atoms with van der Waals surface area (Å²) in [6, 6.07) is 2.04. The number of carbonyl (C=O) groups excluding carboxylic acids is 1. The average Bonchev–Trinajstić information content (AvgIpc) is 2.60. The van der Waals surface area contributed by atoms with Gasteiger partial charge in [0.05, 0.1) is 9.33 Å². The Kier molecular flexibility index (Phi) is 4.52. The molecule has 0 fully saturated rings. The summed E-state index contributed by atoms with van der Waals surface area (Å²) < 4.78 is 1.09. The second kappa shape index (κ2) is 5.29. The Morgan fingerprint density at radius 3 is 2.69 bits per heavy atom. The van der Waals surface area contributed by atoms with Crippen LogP contribution < -0.4 is 11.1 Å². The van der Waals surface area contributed by atoms with Crippen LogP contribution in [0.3, 0.4) is 0 Å². The summed E-state index contributed by atoms with van der Waals surface area (Å²) in [5.41, 5.74) is 5.93. The fourth-order valence-electron chi connectivity index (χ4n) is 1.30. The van der Waals surface area contributed by atoms with Crippen molar-refractivity contribution < 1.29 is 4.79 Å². The molecule has 0 aromatic carbocycles. The molecule has 0 aliphatic rings. The summed E-state index contributed by atoms with van der Waals surface area (Å²) in [5, 5.41) is 5.29. The van der Waals surface area contributed by atoms with Crippen molar-refractivity contribution in [2.75, 3.05) is 0 Å². The lowest BCUT2D eigenvalue weighted by atomic mass is 9.87. The summed E-state index contributed by atoms with van der Waals surface area (Å²) in [5.74, 6) is -0.149. The standard InChI is InChI=1S/C11H17BrN2OS/c1-7(2)11(3,10(13)15)14-5-8-4-9(12)16-6-8/h4,6-7,14H,5H2,1-3H3,(H2,13,15). The molecule has 0 bridgehead atoms. The van der Waals surface area contributed by atoms with E-state index in [0.717, 1.165) is 9.35 Å². The van der Waals surface area contributed by atoms with Gasteiger partial charge in [0.1, 0.15) is 0 Å². The minimum Gasteiger partial charge on any atom is -0.368 e. The Balaban J connectivity index is 2.68. The monoisotopic (exact) mass is 304 g/mol. The van der Waals surface area contributed by atoms with Gasteiger partial charge < -0.3 is 5.73 Å². The number of carbonyl (C=O) groups is 1. The van der Waals surface area contributed by atoms with Gasteiger partial charge in [-0.25, -0.2) is 0 Å². The lowest BCUT2D eigenvalue weighted by molar-refractivity contribution is -0.125. The number of amides is 1. The number of rotatable bonds is 5. The van der Waals surface area contributed by atoms with E-state index in [-0.39, 0.29) is 11.8 Å². The summed E-state index contributed by atoms with van der Waals surface area (Å²) >= 11 is 5.04. The predicted molar refractivity (Wildman–Crippen MR) is 71.3 cm³/mol. The third-order valence-electron chi connectivity index (χ3n) is 2.95. The molecule has 1 rings (SSSR count). The normalized spacial score (nSPS) is 15.1. The van der Waals surface area contributed by atoms with Crippen LogP contribution in [0.5, 0.6) is 0 Å². The minimum absolute atomic E-state index is 0.159. The lowest BCUT2D eigenvalue weighted by Crippen LogP contribution is -2.56. The first-order chi connectivity index (χ1) is 7.36. The van der Waals surface area contributed by atoms with E-state index in [9.17, 15) is 4.79 Å². The Labute approximate surface area is 109 Å². The molecule has 90 valence electrons. The molecule has 1 atom stereocenters. The molecule has 0 radical (unpaired) electrons. The number of nitrogens with two attached hydrogens (primary N) is 1. The SMILES string of the molecule is CC(C)C(C)(NCc1csc(Br)c1)C(N)=O. The van der Waals surface area contributed by atoms with Crippen LogP contribution >= 0.6 is 27.3 Å². The average molecular weight is 305 g/mol. The highest BCUT2D eigenvalue weighted by Gasteiger charge is 2.33. The second-order valence-electron chi connectivity index (χ2n) is 4.33. The molecular formula is C11H17BrN2OS. The number of thiophene rings is 1. The Hall–Kier alpha value is -0.390. The Morgan fingerprint density at radius 2 is 2.31 bits per heavy atom. The number of halogens is 1. The number of primary amides is 1. The van der Waals surface area contributed by atoms with Crippen molar-refractivity contribution in [3.05, 3.63) is 20.8 Å². The van der Waals surface area contributed by atoms with Gasteiger partial charge in [0.2, 0.25) is 5.91 Å². The van der Waals surface area contributed by atoms with Crippen LogP contribution in [0.4, 0.5) is 0 Å². The van der Waals surface area contributed by atoms with Crippen molar-refractivity contribution in [3.8, 4) is 0 Å². The third kappa shape index (κ3) is 3.06. The van der Waals surface area contributed by atoms with Gasteiger partial charge in [0.15, 0.2) is 0 Å². The fraction of sp³-hybridized carbons (Fsp3) is 0.545. The fourth-order valence-corrected chi connectivity index (χ4v) is 2.51. The molecule has 1 amide bonds. The minimum atomic E-state index is -0.658.